The van der Waals surface area contributed by atoms with Crippen molar-refractivity contribution in [3.05, 3.63) is 53.7 Å². The zero-order valence-electron chi connectivity index (χ0n) is 16.0. The number of hydrogen-bond donors (Lipinski definition) is 4. The number of carbonyl (C=O) groups is 1. The molecule has 0 saturated heterocycles. The Morgan fingerprint density at radius 2 is 1.84 bits per heavy atom. The molecular weight excluding hydrogens is 437 g/mol. The van der Waals surface area contributed by atoms with E-state index in [0.717, 1.165) is 12.1 Å². The van der Waals surface area contributed by atoms with Crippen molar-refractivity contribution in [2.24, 2.45) is 5.73 Å². The Bertz CT molecular complexity index is 1210. The molecule has 1 amide bonds. The Balaban J connectivity index is 1.92. The lowest BCUT2D eigenvalue weighted by Gasteiger charge is -2.09. The summed E-state index contributed by atoms with van der Waals surface area (Å²) >= 11 is 0. The van der Waals surface area contributed by atoms with Crippen LogP contribution in [-0.4, -0.2) is 35.3 Å². The van der Waals surface area contributed by atoms with Gasteiger partial charge in [-0.2, -0.15) is 18.3 Å². The number of nitrogens with one attached hydrogen (secondary N) is 3. The average molecular weight is 454 g/mol. The van der Waals surface area contributed by atoms with Gasteiger partial charge >= 0.3 is 6.18 Å². The topological polar surface area (TPSA) is 143 Å². The van der Waals surface area contributed by atoms with Crippen LogP contribution < -0.4 is 15.8 Å². The number of pyridine rings is 1. The first-order valence-electron chi connectivity index (χ1n) is 8.80. The molecule has 0 radical (unpaired) electrons. The highest BCUT2D eigenvalue weighted by Crippen LogP contribution is 2.31. The van der Waals surface area contributed by atoms with E-state index in [1.54, 1.807) is 0 Å². The predicted octanol–water partition coefficient (Wildman–Crippen LogP) is 3.09. The summed E-state index contributed by atoms with van der Waals surface area (Å²) in [5, 5.41) is 9.10. The van der Waals surface area contributed by atoms with Crippen LogP contribution in [0.4, 0.5) is 30.5 Å². The van der Waals surface area contributed by atoms with E-state index in [1.807, 2.05) is 0 Å². The number of nitrogens with two attached hydrogens (primary N) is 1. The van der Waals surface area contributed by atoms with Crippen molar-refractivity contribution >= 4 is 33.3 Å². The minimum atomic E-state index is -4.64. The lowest BCUT2D eigenvalue weighted by Crippen LogP contribution is -2.15. The fourth-order valence-electron chi connectivity index (χ4n) is 2.62. The Hall–Kier alpha value is -3.61. The number of sulfonamides is 1. The van der Waals surface area contributed by atoms with E-state index in [-0.39, 0.29) is 28.6 Å². The number of amides is 1. The van der Waals surface area contributed by atoms with E-state index in [4.69, 9.17) is 5.73 Å². The third-order valence-electron chi connectivity index (χ3n) is 4.13. The van der Waals surface area contributed by atoms with Crippen LogP contribution in [0.25, 0.3) is 11.3 Å². The summed E-state index contributed by atoms with van der Waals surface area (Å²) in [6, 6.07) is 9.27. The van der Waals surface area contributed by atoms with Gasteiger partial charge in [0.2, 0.25) is 10.0 Å². The molecule has 9 nitrogen and oxygen atoms in total. The van der Waals surface area contributed by atoms with E-state index < -0.39 is 27.8 Å². The molecule has 3 rings (SSSR count). The highest BCUT2D eigenvalue weighted by Gasteiger charge is 2.32. The van der Waals surface area contributed by atoms with Crippen LogP contribution in [0, 0.1) is 0 Å². The van der Waals surface area contributed by atoms with E-state index in [1.165, 1.54) is 37.3 Å². The van der Waals surface area contributed by atoms with Crippen LogP contribution in [0.15, 0.2) is 42.5 Å². The van der Waals surface area contributed by atoms with Gasteiger partial charge in [-0.25, -0.2) is 13.4 Å². The maximum Gasteiger partial charge on any atom is 0.433 e. The zero-order chi connectivity index (χ0) is 22.8. The Kier molecular flexibility index (Phi) is 5.88. The first kappa shape index (κ1) is 22.1. The molecule has 31 heavy (non-hydrogen) atoms. The first-order chi connectivity index (χ1) is 14.5. The van der Waals surface area contributed by atoms with Crippen molar-refractivity contribution in [2.45, 2.75) is 13.1 Å². The van der Waals surface area contributed by atoms with Crippen LogP contribution in [0.5, 0.6) is 0 Å². The second kappa shape index (κ2) is 8.26. The summed E-state index contributed by atoms with van der Waals surface area (Å²) in [5.74, 6) is -1.27. The number of rotatable bonds is 7. The number of alkyl halides is 3. The molecule has 0 saturated carbocycles. The van der Waals surface area contributed by atoms with Gasteiger partial charge in [-0.3, -0.25) is 14.6 Å². The van der Waals surface area contributed by atoms with Crippen LogP contribution in [0.3, 0.4) is 0 Å². The largest absolute Gasteiger partial charge is 0.433 e. The number of hydrogen-bond acceptors (Lipinski definition) is 6. The zero-order valence-corrected chi connectivity index (χ0v) is 16.8. The molecule has 0 aliphatic carbocycles. The highest BCUT2D eigenvalue weighted by molar-refractivity contribution is 7.92. The van der Waals surface area contributed by atoms with Crippen molar-refractivity contribution in [3.63, 3.8) is 0 Å². The van der Waals surface area contributed by atoms with Crippen molar-refractivity contribution in [1.82, 2.24) is 15.2 Å². The van der Waals surface area contributed by atoms with Gasteiger partial charge in [-0.1, -0.05) is 18.2 Å². The molecular formula is C18H17F3N6O3S. The van der Waals surface area contributed by atoms with Crippen LogP contribution in [0.1, 0.15) is 23.0 Å². The number of nitrogens with zero attached hydrogens (tertiary/aromatic N) is 2. The molecule has 3 aromatic rings. The summed E-state index contributed by atoms with van der Waals surface area (Å²) in [4.78, 5) is 15.5. The van der Waals surface area contributed by atoms with Gasteiger partial charge in [0.15, 0.2) is 5.82 Å². The Labute approximate surface area is 174 Å². The molecule has 0 aliphatic heterocycles. The number of halogens is 3. The highest BCUT2D eigenvalue weighted by atomic mass is 32.2. The van der Waals surface area contributed by atoms with E-state index >= 15 is 0 Å². The summed E-state index contributed by atoms with van der Waals surface area (Å²) in [6.45, 7) is 1.49. The molecule has 13 heteroatoms. The van der Waals surface area contributed by atoms with Crippen molar-refractivity contribution in [2.75, 3.05) is 15.8 Å². The molecule has 0 atom stereocenters. The van der Waals surface area contributed by atoms with Gasteiger partial charge in [0.25, 0.3) is 5.91 Å². The SMILES string of the molecule is CCS(=O)(=O)Nc1ccc(-c2[nH]nc(Nc3cccc(C(F)(F)F)n3)c2C(N)=O)cc1. The minimum Gasteiger partial charge on any atom is -0.365 e. The number of aromatic amines is 1. The number of benzene rings is 1. The smallest absolute Gasteiger partial charge is 0.365 e. The lowest BCUT2D eigenvalue weighted by molar-refractivity contribution is -0.141. The fourth-order valence-corrected chi connectivity index (χ4v) is 3.26. The third-order valence-corrected chi connectivity index (χ3v) is 5.43. The Morgan fingerprint density at radius 3 is 2.42 bits per heavy atom. The van der Waals surface area contributed by atoms with Gasteiger partial charge in [-0.05, 0) is 31.2 Å². The molecule has 164 valence electrons. The van der Waals surface area contributed by atoms with Crippen molar-refractivity contribution < 1.29 is 26.4 Å². The maximum absolute atomic E-state index is 12.9. The number of anilines is 3. The van der Waals surface area contributed by atoms with Gasteiger partial charge in [0.1, 0.15) is 17.1 Å². The predicted molar refractivity (Wildman–Crippen MR) is 108 cm³/mol. The molecule has 2 heterocycles. The third kappa shape index (κ3) is 5.12. The molecule has 0 unspecified atom stereocenters. The molecule has 0 aliphatic rings. The van der Waals surface area contributed by atoms with E-state index in [0.29, 0.717) is 11.3 Å². The number of aromatic nitrogens is 3. The molecule has 0 spiro atoms. The summed E-state index contributed by atoms with van der Waals surface area (Å²) < 4.78 is 64.3. The van der Waals surface area contributed by atoms with Gasteiger partial charge in [0.05, 0.1) is 11.4 Å². The van der Waals surface area contributed by atoms with Gasteiger partial charge in [0, 0.05) is 11.3 Å². The summed E-state index contributed by atoms with van der Waals surface area (Å²) in [5.41, 5.74) is 5.21. The maximum atomic E-state index is 12.9. The quantitative estimate of drug-likeness (QED) is 0.432. The summed E-state index contributed by atoms with van der Waals surface area (Å²) in [7, 11) is -3.46. The first-order valence-corrected chi connectivity index (χ1v) is 10.5. The number of carbonyl (C=O) groups excluding carboxylic acids is 1. The Morgan fingerprint density at radius 1 is 1.16 bits per heavy atom. The second-order valence-electron chi connectivity index (χ2n) is 6.30. The van der Waals surface area contributed by atoms with Crippen LogP contribution in [0.2, 0.25) is 0 Å². The molecule has 0 bridgehead atoms. The molecule has 5 N–H and O–H groups in total. The molecule has 2 aromatic heterocycles. The van der Waals surface area contributed by atoms with Crippen LogP contribution in [-0.2, 0) is 16.2 Å². The van der Waals surface area contributed by atoms with Crippen molar-refractivity contribution in [3.8, 4) is 11.3 Å². The number of primary amides is 1. The van der Waals surface area contributed by atoms with Crippen molar-refractivity contribution in [1.29, 1.82) is 0 Å². The number of H-pyrrole nitrogens is 1. The monoisotopic (exact) mass is 454 g/mol. The fraction of sp³-hybridized carbons (Fsp3) is 0.167. The molecule has 1 aromatic carbocycles. The lowest BCUT2D eigenvalue weighted by atomic mass is 10.1. The normalized spacial score (nSPS) is 11.9. The van der Waals surface area contributed by atoms with Gasteiger partial charge in [-0.15, -0.1) is 0 Å². The molecule has 0 fully saturated rings. The van der Waals surface area contributed by atoms with Crippen LogP contribution >= 0.6 is 0 Å². The standard InChI is InChI=1S/C18H17F3N6O3S/c1-2-31(29,30)27-11-8-6-10(7-9-11)15-14(16(22)28)17(26-25-15)24-13-5-3-4-12(23-13)18(19,20)21/h3-9,27H,2H2,1H3,(H2,22,28)(H2,23,24,25,26). The second-order valence-corrected chi connectivity index (χ2v) is 8.31. The van der Waals surface area contributed by atoms with E-state index in [9.17, 15) is 26.4 Å². The summed E-state index contributed by atoms with van der Waals surface area (Å²) in [6.07, 6.45) is -4.64. The van der Waals surface area contributed by atoms with E-state index in [2.05, 4.69) is 25.2 Å². The average Bonchev–Trinajstić information content (AvgIpc) is 3.11. The van der Waals surface area contributed by atoms with Gasteiger partial charge < -0.3 is 11.1 Å². The minimum absolute atomic E-state index is 0.0962.